The lowest BCUT2D eigenvalue weighted by molar-refractivity contribution is 0.0339. The van der Waals surface area contributed by atoms with Gasteiger partial charge in [0.25, 0.3) is 0 Å². The van der Waals surface area contributed by atoms with Gasteiger partial charge < -0.3 is 23.8 Å². The van der Waals surface area contributed by atoms with Gasteiger partial charge in [-0.25, -0.2) is 9.97 Å². The fourth-order valence-corrected chi connectivity index (χ4v) is 9.82. The number of aryl methyl sites for hydroxylation is 3. The highest BCUT2D eigenvalue weighted by Gasteiger charge is 2.24. The summed E-state index contributed by atoms with van der Waals surface area (Å²) < 4.78 is 18.4. The first-order valence-corrected chi connectivity index (χ1v) is 21.5. The lowest BCUT2D eigenvalue weighted by Crippen LogP contribution is -2.35. The number of fused-ring (bicyclic) bond motifs is 3. The summed E-state index contributed by atoms with van der Waals surface area (Å²) in [6.07, 6.45) is 13.0. The molecule has 0 bridgehead atoms. The number of para-hydroxylation sites is 1. The summed E-state index contributed by atoms with van der Waals surface area (Å²) in [5.41, 5.74) is 5.65. The molecule has 0 unspecified atom stereocenters. The highest BCUT2D eigenvalue weighted by Crippen LogP contribution is 2.38. The summed E-state index contributed by atoms with van der Waals surface area (Å²) in [7, 11) is 0. The number of thiazole rings is 2. The third-order valence-corrected chi connectivity index (χ3v) is 13.3. The number of aromatic hydroxyl groups is 2. The molecule has 7 aromatic rings. The Hall–Kier alpha value is -4.88. The minimum absolute atomic E-state index is 0.0646. The van der Waals surface area contributed by atoms with E-state index in [1.54, 1.807) is 18.3 Å². The molecule has 2 aliphatic rings. The zero-order chi connectivity index (χ0) is 39.6. The van der Waals surface area contributed by atoms with Crippen LogP contribution in [0.5, 0.6) is 11.5 Å². The van der Waals surface area contributed by atoms with Crippen molar-refractivity contribution in [3.05, 3.63) is 103 Å². The number of hydrogen-bond acceptors (Lipinski definition) is 12. The lowest BCUT2D eigenvalue weighted by Gasteiger charge is -2.27. The number of nitrogens with zero attached hydrogens (tertiary/aromatic N) is 3. The van der Waals surface area contributed by atoms with Crippen LogP contribution in [0.3, 0.4) is 0 Å². The largest absolute Gasteiger partial charge is 0.507 e. The van der Waals surface area contributed by atoms with Gasteiger partial charge in [-0.1, -0.05) is 58.1 Å². The lowest BCUT2D eigenvalue weighted by atomic mass is 9.83. The molecule has 0 atom stereocenters. The molecule has 4 aromatic heterocycles. The van der Waals surface area contributed by atoms with Crippen molar-refractivity contribution in [2.45, 2.75) is 78.7 Å². The van der Waals surface area contributed by atoms with E-state index in [1.165, 1.54) is 67.3 Å². The normalized spacial score (nSPS) is 15.4. The molecule has 12 heteroatoms. The fourth-order valence-electron chi connectivity index (χ4n) is 8.08. The molecule has 5 heterocycles. The van der Waals surface area contributed by atoms with Crippen molar-refractivity contribution in [1.82, 2.24) is 14.9 Å². The van der Waals surface area contributed by atoms with Crippen molar-refractivity contribution >= 4 is 54.8 Å². The zero-order valence-corrected chi connectivity index (χ0v) is 34.2. The Kier molecular flexibility index (Phi) is 11.6. The molecule has 10 nitrogen and oxygen atoms in total. The maximum atomic E-state index is 13.4. The second-order valence-electron chi connectivity index (χ2n) is 15.0. The van der Waals surface area contributed by atoms with E-state index in [-0.39, 0.29) is 16.6 Å². The summed E-state index contributed by atoms with van der Waals surface area (Å²) in [4.78, 5) is 38.8. The van der Waals surface area contributed by atoms with Crippen LogP contribution >= 0.6 is 22.7 Å². The molecular formula is C45H47N3O7S2. The van der Waals surface area contributed by atoms with Gasteiger partial charge in [-0.15, -0.1) is 22.7 Å². The maximum absolute atomic E-state index is 13.4. The Bertz CT molecular complexity index is 2650. The van der Waals surface area contributed by atoms with Crippen molar-refractivity contribution in [3.8, 4) is 32.6 Å². The van der Waals surface area contributed by atoms with Gasteiger partial charge in [-0.05, 0) is 67.5 Å². The monoisotopic (exact) mass is 805 g/mol. The molecule has 3 aromatic carbocycles. The van der Waals surface area contributed by atoms with E-state index in [4.69, 9.17) is 13.6 Å². The number of phenols is 2. The molecule has 57 heavy (non-hydrogen) atoms. The van der Waals surface area contributed by atoms with Gasteiger partial charge in [0.05, 0.1) is 50.9 Å². The number of morpholine rings is 1. The smallest absolute Gasteiger partial charge is 0.202 e. The molecule has 1 saturated carbocycles. The van der Waals surface area contributed by atoms with Gasteiger partial charge in [-0.2, -0.15) is 0 Å². The number of phenolic OH excluding ortho intramolecular Hbond substituents is 2. The molecule has 0 spiro atoms. The fraction of sp³-hybridized carbons (Fsp3) is 0.378. The van der Waals surface area contributed by atoms with Gasteiger partial charge >= 0.3 is 0 Å². The van der Waals surface area contributed by atoms with Crippen LogP contribution in [0.2, 0.25) is 0 Å². The molecule has 0 amide bonds. The average Bonchev–Trinajstić information content (AvgIpc) is 3.87. The van der Waals surface area contributed by atoms with E-state index in [2.05, 4.69) is 14.9 Å². The number of aromatic nitrogens is 2. The molecule has 0 radical (unpaired) electrons. The molecule has 2 fully saturated rings. The molecule has 2 N–H and O–H groups in total. The number of hydrogen-bond donors (Lipinski definition) is 2. The van der Waals surface area contributed by atoms with Crippen molar-refractivity contribution in [3.63, 3.8) is 0 Å². The number of rotatable bonds is 8. The first-order chi connectivity index (χ1) is 27.7. The summed E-state index contributed by atoms with van der Waals surface area (Å²) in [6.45, 7) is 9.36. The van der Waals surface area contributed by atoms with Crippen molar-refractivity contribution in [1.29, 1.82) is 0 Å². The van der Waals surface area contributed by atoms with Gasteiger partial charge in [0, 0.05) is 36.3 Å². The maximum Gasteiger partial charge on any atom is 0.202 e. The second-order valence-corrected chi connectivity index (χ2v) is 17.3. The van der Waals surface area contributed by atoms with E-state index in [1.807, 2.05) is 45.0 Å². The molecular weight excluding hydrogens is 759 g/mol. The summed E-state index contributed by atoms with van der Waals surface area (Å²) >= 11 is 2.97. The zero-order valence-electron chi connectivity index (χ0n) is 32.6. The summed E-state index contributed by atoms with van der Waals surface area (Å²) in [5, 5.41) is 24.1. The van der Waals surface area contributed by atoms with E-state index >= 15 is 0 Å². The Morgan fingerprint density at radius 1 is 0.807 bits per heavy atom. The summed E-state index contributed by atoms with van der Waals surface area (Å²) in [6, 6.07) is 11.4. The van der Waals surface area contributed by atoms with Crippen LogP contribution in [-0.4, -0.2) is 51.4 Å². The molecule has 9 rings (SSSR count). The van der Waals surface area contributed by atoms with Crippen LogP contribution in [0.4, 0.5) is 0 Å². The standard InChI is InChI=1S/C23H22N2O4S.C22H25NO3S/c1-2-14-11-15-21(27)17(23-24-18-5-3-4-6-19(18)30-23)13-29-22(15)16(20(14)26)12-25-7-9-28-10-8-25;1-3-15-10-17-20(25)18(22-23-11-13(2)27-22)12-26-21(17)16(19(15)24)9-14-7-5-4-6-8-14/h3-6,11,13,26H,2,7-10,12H2,1H3;10-12,14,24H,3-9H2,1-2H3. The number of benzene rings is 3. The molecule has 1 saturated heterocycles. The van der Waals surface area contributed by atoms with Crippen LogP contribution in [0, 0.1) is 12.8 Å². The van der Waals surface area contributed by atoms with Gasteiger partial charge in [0.2, 0.25) is 10.9 Å². The summed E-state index contributed by atoms with van der Waals surface area (Å²) in [5.74, 6) is 1.07. The van der Waals surface area contributed by atoms with E-state index in [0.29, 0.717) is 92.9 Å². The highest BCUT2D eigenvalue weighted by atomic mass is 32.1. The minimum atomic E-state index is -0.117. The molecule has 296 valence electrons. The van der Waals surface area contributed by atoms with Crippen molar-refractivity contribution in [2.75, 3.05) is 26.3 Å². The van der Waals surface area contributed by atoms with Crippen LogP contribution in [0.1, 0.15) is 73.1 Å². The first kappa shape index (κ1) is 39.0. The van der Waals surface area contributed by atoms with Crippen LogP contribution in [-0.2, 0) is 30.5 Å². The van der Waals surface area contributed by atoms with Crippen molar-refractivity contribution in [2.24, 2.45) is 5.92 Å². The van der Waals surface area contributed by atoms with Crippen molar-refractivity contribution < 1.29 is 23.8 Å². The van der Waals surface area contributed by atoms with E-state index in [9.17, 15) is 19.8 Å². The Morgan fingerprint density at radius 3 is 2.04 bits per heavy atom. The van der Waals surface area contributed by atoms with E-state index < -0.39 is 0 Å². The SMILES string of the molecule is CCc1cc2c(=O)c(-c3nc4ccccc4s3)coc2c(CN2CCOCC2)c1O.CCc1cc2c(=O)c(-c3ncc(C)s3)coc2c(CC2CCCCC2)c1O. The van der Waals surface area contributed by atoms with Crippen LogP contribution in [0.15, 0.2) is 73.5 Å². The molecule has 1 aliphatic carbocycles. The Labute approximate surface area is 338 Å². The third-order valence-electron chi connectivity index (χ3n) is 11.3. The first-order valence-electron chi connectivity index (χ1n) is 19.9. The third kappa shape index (κ3) is 7.88. The number of ether oxygens (including phenoxy) is 1. The minimum Gasteiger partial charge on any atom is -0.507 e. The average molecular weight is 806 g/mol. The van der Waals surface area contributed by atoms with E-state index in [0.717, 1.165) is 51.3 Å². The molecule has 1 aliphatic heterocycles. The topological polar surface area (TPSA) is 139 Å². The van der Waals surface area contributed by atoms with Gasteiger partial charge in [-0.3, -0.25) is 14.5 Å². The van der Waals surface area contributed by atoms with Crippen LogP contribution in [0.25, 0.3) is 53.3 Å². The quantitative estimate of drug-likeness (QED) is 0.153. The predicted molar refractivity (Wildman–Crippen MR) is 228 cm³/mol. The Morgan fingerprint density at radius 2 is 1.42 bits per heavy atom. The van der Waals surface area contributed by atoms with Gasteiger partial charge in [0.15, 0.2) is 0 Å². The predicted octanol–water partition coefficient (Wildman–Crippen LogP) is 9.79. The van der Waals surface area contributed by atoms with Crippen LogP contribution < -0.4 is 10.9 Å². The Balaban J connectivity index is 0.000000161. The highest BCUT2D eigenvalue weighted by molar-refractivity contribution is 7.21. The second kappa shape index (κ2) is 16.9. The van der Waals surface area contributed by atoms with Gasteiger partial charge in [0.1, 0.15) is 45.2 Å².